The molecule has 2 heteroatoms. The largest absolute Gasteiger partial charge is 0.474 e. The zero-order chi connectivity index (χ0) is 7.78. The number of nitrogens with one attached hydrogen (secondary N) is 1. The zero-order valence-corrected chi connectivity index (χ0v) is 6.90. The van der Waals surface area contributed by atoms with E-state index in [-0.39, 0.29) is 11.5 Å². The molecule has 1 aliphatic heterocycles. The molecule has 1 unspecified atom stereocenters. The zero-order valence-electron chi connectivity index (χ0n) is 6.90. The first kappa shape index (κ1) is 7.45. The van der Waals surface area contributed by atoms with Crippen LogP contribution in [0.25, 0.3) is 0 Å². The molecule has 0 radical (unpaired) electrons. The number of hydrogen-bond donors (Lipinski definition) is 1. The van der Waals surface area contributed by atoms with Crippen molar-refractivity contribution in [3.8, 4) is 0 Å². The van der Waals surface area contributed by atoms with Crippen LogP contribution in [0.3, 0.4) is 0 Å². The summed E-state index contributed by atoms with van der Waals surface area (Å²) < 4.78 is 5.42. The van der Waals surface area contributed by atoms with Crippen molar-refractivity contribution in [2.24, 2.45) is 5.41 Å². The number of hydrogen-bond acceptors (Lipinski definition) is 2. The molecule has 1 N–H and O–H groups in total. The van der Waals surface area contributed by atoms with Gasteiger partial charge in [0, 0.05) is 5.41 Å². The standard InChI is InChI=1S/C8H15NO/c1-6-9-5-7(10-6)8(2,3)4/h7,9H,1,5H2,2-4H3. The fraction of sp³-hybridized carbons (Fsp3) is 0.750. The van der Waals surface area contributed by atoms with Gasteiger partial charge in [-0.25, -0.2) is 0 Å². The Labute approximate surface area is 62.3 Å². The van der Waals surface area contributed by atoms with Crippen LogP contribution < -0.4 is 5.32 Å². The highest BCUT2D eigenvalue weighted by molar-refractivity contribution is 4.93. The van der Waals surface area contributed by atoms with E-state index < -0.39 is 0 Å². The minimum absolute atomic E-state index is 0.215. The molecule has 1 rings (SSSR count). The van der Waals surface area contributed by atoms with E-state index in [9.17, 15) is 0 Å². The smallest absolute Gasteiger partial charge is 0.179 e. The van der Waals surface area contributed by atoms with Gasteiger partial charge in [0.2, 0.25) is 0 Å². The maximum atomic E-state index is 5.42. The third kappa shape index (κ3) is 1.43. The second kappa shape index (κ2) is 2.19. The third-order valence-electron chi connectivity index (χ3n) is 1.74. The maximum Gasteiger partial charge on any atom is 0.179 e. The van der Waals surface area contributed by atoms with E-state index in [0.717, 1.165) is 6.54 Å². The second-order valence-electron chi connectivity index (χ2n) is 3.78. The van der Waals surface area contributed by atoms with Crippen molar-refractivity contribution < 1.29 is 4.74 Å². The highest BCUT2D eigenvalue weighted by Crippen LogP contribution is 2.25. The van der Waals surface area contributed by atoms with Gasteiger partial charge in [0.15, 0.2) is 5.88 Å². The monoisotopic (exact) mass is 141 g/mol. The SMILES string of the molecule is C=C1NCC(C(C)(C)C)O1. The molecule has 2 nitrogen and oxygen atoms in total. The van der Waals surface area contributed by atoms with Crippen molar-refractivity contribution >= 4 is 0 Å². The van der Waals surface area contributed by atoms with Crippen molar-refractivity contribution in [2.45, 2.75) is 26.9 Å². The third-order valence-corrected chi connectivity index (χ3v) is 1.74. The lowest BCUT2D eigenvalue weighted by molar-refractivity contribution is 0.0701. The first-order valence-corrected chi connectivity index (χ1v) is 3.59. The van der Waals surface area contributed by atoms with E-state index in [4.69, 9.17) is 4.74 Å². The van der Waals surface area contributed by atoms with Crippen LogP contribution in [0.2, 0.25) is 0 Å². The van der Waals surface area contributed by atoms with E-state index in [1.807, 2.05) is 0 Å². The molecule has 1 aliphatic rings. The van der Waals surface area contributed by atoms with Crippen LogP contribution in [0.4, 0.5) is 0 Å². The molecule has 0 saturated carbocycles. The topological polar surface area (TPSA) is 21.3 Å². The highest BCUT2D eigenvalue weighted by Gasteiger charge is 2.30. The predicted octanol–water partition coefficient (Wildman–Crippen LogP) is 1.49. The molecule has 1 heterocycles. The van der Waals surface area contributed by atoms with Gasteiger partial charge >= 0.3 is 0 Å². The quantitative estimate of drug-likeness (QED) is 0.552. The number of ether oxygens (including phenoxy) is 1. The van der Waals surface area contributed by atoms with E-state index in [0.29, 0.717) is 5.88 Å². The van der Waals surface area contributed by atoms with Gasteiger partial charge in [-0.3, -0.25) is 0 Å². The van der Waals surface area contributed by atoms with Crippen LogP contribution in [-0.2, 0) is 4.74 Å². The molecule has 0 aliphatic carbocycles. The molecular weight excluding hydrogens is 126 g/mol. The lowest BCUT2D eigenvalue weighted by Crippen LogP contribution is -2.29. The average Bonchev–Trinajstić information content (AvgIpc) is 2.11. The molecule has 1 fully saturated rings. The summed E-state index contributed by atoms with van der Waals surface area (Å²) in [6.07, 6.45) is 0.278. The summed E-state index contributed by atoms with van der Waals surface area (Å²) in [4.78, 5) is 0. The molecule has 10 heavy (non-hydrogen) atoms. The van der Waals surface area contributed by atoms with E-state index in [1.165, 1.54) is 0 Å². The van der Waals surface area contributed by atoms with Gasteiger partial charge in [-0.05, 0) is 6.58 Å². The summed E-state index contributed by atoms with van der Waals surface area (Å²) in [6.45, 7) is 11.1. The molecule has 0 aromatic rings. The Hall–Kier alpha value is -0.660. The predicted molar refractivity (Wildman–Crippen MR) is 41.5 cm³/mol. The summed E-state index contributed by atoms with van der Waals surface area (Å²) in [5.41, 5.74) is 0.215. The molecular formula is C8H15NO. The molecule has 0 amide bonds. The van der Waals surface area contributed by atoms with Crippen molar-refractivity contribution in [2.75, 3.05) is 6.54 Å². The van der Waals surface area contributed by atoms with Gasteiger partial charge in [0.1, 0.15) is 6.10 Å². The minimum atomic E-state index is 0.215. The fourth-order valence-electron chi connectivity index (χ4n) is 0.945. The Morgan fingerprint density at radius 2 is 2.20 bits per heavy atom. The Kier molecular flexibility index (Phi) is 1.63. The van der Waals surface area contributed by atoms with Crippen molar-refractivity contribution in [3.05, 3.63) is 12.5 Å². The molecule has 58 valence electrons. The van der Waals surface area contributed by atoms with E-state index in [1.54, 1.807) is 0 Å². The summed E-state index contributed by atoms with van der Waals surface area (Å²) in [5.74, 6) is 0.708. The molecule has 1 saturated heterocycles. The van der Waals surface area contributed by atoms with Crippen molar-refractivity contribution in [3.63, 3.8) is 0 Å². The van der Waals surface area contributed by atoms with E-state index in [2.05, 4.69) is 32.7 Å². The normalized spacial score (nSPS) is 25.9. The van der Waals surface area contributed by atoms with Crippen molar-refractivity contribution in [1.82, 2.24) is 5.32 Å². The van der Waals surface area contributed by atoms with Crippen LogP contribution in [0.15, 0.2) is 12.5 Å². The van der Waals surface area contributed by atoms with Crippen LogP contribution in [0.1, 0.15) is 20.8 Å². The van der Waals surface area contributed by atoms with Crippen LogP contribution in [0.5, 0.6) is 0 Å². The van der Waals surface area contributed by atoms with Crippen molar-refractivity contribution in [1.29, 1.82) is 0 Å². The van der Waals surface area contributed by atoms with Gasteiger partial charge in [0.25, 0.3) is 0 Å². The van der Waals surface area contributed by atoms with Crippen LogP contribution in [-0.4, -0.2) is 12.6 Å². The van der Waals surface area contributed by atoms with Crippen LogP contribution in [0, 0.1) is 5.41 Å². The van der Waals surface area contributed by atoms with Gasteiger partial charge in [-0.15, -0.1) is 0 Å². The van der Waals surface area contributed by atoms with Gasteiger partial charge in [-0.1, -0.05) is 20.8 Å². The molecule has 0 aromatic carbocycles. The summed E-state index contributed by atoms with van der Waals surface area (Å²) >= 11 is 0. The first-order valence-electron chi connectivity index (χ1n) is 3.59. The molecule has 0 spiro atoms. The highest BCUT2D eigenvalue weighted by atomic mass is 16.5. The van der Waals surface area contributed by atoms with Gasteiger partial charge in [0.05, 0.1) is 6.54 Å². The summed E-state index contributed by atoms with van der Waals surface area (Å²) in [7, 11) is 0. The maximum absolute atomic E-state index is 5.42. The van der Waals surface area contributed by atoms with Gasteiger partial charge < -0.3 is 10.1 Å². The Bertz CT molecular complexity index is 146. The molecule has 0 bridgehead atoms. The van der Waals surface area contributed by atoms with Crippen LogP contribution >= 0.6 is 0 Å². The van der Waals surface area contributed by atoms with E-state index >= 15 is 0 Å². The Balaban J connectivity index is 2.53. The molecule has 0 aromatic heterocycles. The summed E-state index contributed by atoms with van der Waals surface area (Å²) in [6, 6.07) is 0. The minimum Gasteiger partial charge on any atom is -0.474 e. The average molecular weight is 141 g/mol. The Morgan fingerprint density at radius 3 is 2.40 bits per heavy atom. The first-order chi connectivity index (χ1) is 4.50. The lowest BCUT2D eigenvalue weighted by Gasteiger charge is -2.24. The summed E-state index contributed by atoms with van der Waals surface area (Å²) in [5, 5.41) is 3.06. The fourth-order valence-corrected chi connectivity index (χ4v) is 0.945. The van der Waals surface area contributed by atoms with Gasteiger partial charge in [-0.2, -0.15) is 0 Å². The second-order valence-corrected chi connectivity index (χ2v) is 3.78. The lowest BCUT2D eigenvalue weighted by atomic mass is 9.89. The molecule has 1 atom stereocenters. The number of rotatable bonds is 0. The Morgan fingerprint density at radius 1 is 1.60 bits per heavy atom.